The van der Waals surface area contributed by atoms with Gasteiger partial charge in [-0.1, -0.05) is 12.1 Å². The van der Waals surface area contributed by atoms with Crippen molar-refractivity contribution in [1.29, 1.82) is 5.26 Å². The summed E-state index contributed by atoms with van der Waals surface area (Å²) < 4.78 is 6.17. The smallest absolute Gasteiger partial charge is 0.321 e. The first-order valence-electron chi connectivity index (χ1n) is 7.70. The molecular weight excluding hydrogens is 334 g/mol. The number of benzene rings is 1. The summed E-state index contributed by atoms with van der Waals surface area (Å²) >= 11 is 1.44. The second-order valence-corrected chi connectivity index (χ2v) is 7.66. The molecule has 0 radical (unpaired) electrons. The van der Waals surface area contributed by atoms with E-state index in [0.717, 1.165) is 21.8 Å². The van der Waals surface area contributed by atoms with Crippen molar-refractivity contribution in [3.63, 3.8) is 0 Å². The molecule has 0 aliphatic rings. The van der Waals surface area contributed by atoms with Gasteiger partial charge in [0.25, 0.3) is 0 Å². The fourth-order valence-electron chi connectivity index (χ4n) is 2.60. The van der Waals surface area contributed by atoms with Crippen LogP contribution in [0.3, 0.4) is 0 Å². The van der Waals surface area contributed by atoms with Crippen molar-refractivity contribution in [2.24, 2.45) is 0 Å². The van der Waals surface area contributed by atoms with Crippen molar-refractivity contribution in [3.05, 3.63) is 54.4 Å². The Kier molecular flexibility index (Phi) is 4.51. The lowest BCUT2D eigenvalue weighted by Gasteiger charge is -2.23. The van der Waals surface area contributed by atoms with Crippen LogP contribution in [0.5, 0.6) is 0 Å². The minimum atomic E-state index is -0.732. The summed E-state index contributed by atoms with van der Waals surface area (Å²) in [4.78, 5) is 17.4. The van der Waals surface area contributed by atoms with Crippen LogP contribution in [0.25, 0.3) is 16.9 Å². The molecule has 0 aliphatic carbocycles. The molecule has 0 aliphatic heterocycles. The van der Waals surface area contributed by atoms with E-state index in [1.165, 1.54) is 18.9 Å². The Hall–Kier alpha value is -2.78. The van der Waals surface area contributed by atoms with Crippen LogP contribution < -0.4 is 0 Å². The Labute approximate surface area is 150 Å². The quantitative estimate of drug-likeness (QED) is 0.526. The van der Waals surface area contributed by atoms with Crippen LogP contribution in [0.15, 0.2) is 53.7 Å². The van der Waals surface area contributed by atoms with Crippen LogP contribution in [-0.4, -0.2) is 27.2 Å². The standard InChI is InChI=1S/C19H17N3O2S/c1-19(2,18(23)24-3)25-15-8-9-16-21-10-11-22(16)17(15)14-6-4-13(12-20)5-7-14/h4-11H,1-3H3. The number of nitriles is 1. The maximum absolute atomic E-state index is 12.1. The fraction of sp³-hybridized carbons (Fsp3) is 0.211. The number of nitrogens with zero attached hydrogens (tertiary/aromatic N) is 3. The molecule has 0 amide bonds. The number of methoxy groups -OCH3 is 1. The SMILES string of the molecule is COC(=O)C(C)(C)Sc1ccc2nccn2c1-c1ccc(C#N)cc1. The molecule has 3 rings (SSSR count). The van der Waals surface area contributed by atoms with E-state index in [0.29, 0.717) is 5.56 Å². The number of fused-ring (bicyclic) bond motifs is 1. The highest BCUT2D eigenvalue weighted by atomic mass is 32.2. The Morgan fingerprint density at radius 1 is 1.24 bits per heavy atom. The summed E-state index contributed by atoms with van der Waals surface area (Å²) in [6, 6.07) is 13.4. The molecular formula is C19H17N3O2S. The molecule has 5 nitrogen and oxygen atoms in total. The van der Waals surface area contributed by atoms with Gasteiger partial charge in [0.15, 0.2) is 0 Å². The van der Waals surface area contributed by atoms with E-state index in [1.807, 2.05) is 48.7 Å². The molecule has 126 valence electrons. The van der Waals surface area contributed by atoms with Gasteiger partial charge < -0.3 is 4.74 Å². The van der Waals surface area contributed by atoms with Gasteiger partial charge in [0.2, 0.25) is 0 Å². The summed E-state index contributed by atoms with van der Waals surface area (Å²) in [7, 11) is 1.39. The number of hydrogen-bond donors (Lipinski definition) is 0. The van der Waals surface area contributed by atoms with E-state index in [9.17, 15) is 4.79 Å². The van der Waals surface area contributed by atoms with E-state index in [1.54, 1.807) is 18.3 Å². The third-order valence-electron chi connectivity index (χ3n) is 3.86. The van der Waals surface area contributed by atoms with Gasteiger partial charge in [-0.25, -0.2) is 4.98 Å². The van der Waals surface area contributed by atoms with E-state index in [-0.39, 0.29) is 5.97 Å². The number of thioether (sulfide) groups is 1. The highest BCUT2D eigenvalue weighted by Gasteiger charge is 2.31. The molecule has 3 aromatic rings. The van der Waals surface area contributed by atoms with Crippen molar-refractivity contribution in [2.45, 2.75) is 23.5 Å². The van der Waals surface area contributed by atoms with E-state index < -0.39 is 4.75 Å². The first-order valence-corrected chi connectivity index (χ1v) is 8.52. The predicted octanol–water partition coefficient (Wildman–Crippen LogP) is 3.92. The molecule has 0 atom stereocenters. The van der Waals surface area contributed by atoms with E-state index >= 15 is 0 Å². The minimum absolute atomic E-state index is 0.283. The molecule has 0 saturated carbocycles. The first kappa shape index (κ1) is 17.1. The molecule has 2 aromatic heterocycles. The number of aromatic nitrogens is 2. The number of pyridine rings is 1. The fourth-order valence-corrected chi connectivity index (χ4v) is 3.77. The van der Waals surface area contributed by atoms with E-state index in [2.05, 4.69) is 11.1 Å². The second-order valence-electron chi connectivity index (χ2n) is 5.99. The Balaban J connectivity index is 2.15. The second kappa shape index (κ2) is 6.61. The third kappa shape index (κ3) is 3.24. The van der Waals surface area contributed by atoms with Gasteiger partial charge in [-0.05, 0) is 43.7 Å². The number of carbonyl (C=O) groups is 1. The first-order chi connectivity index (χ1) is 12.0. The van der Waals surface area contributed by atoms with Crippen LogP contribution in [0.4, 0.5) is 0 Å². The predicted molar refractivity (Wildman–Crippen MR) is 97.3 cm³/mol. The van der Waals surface area contributed by atoms with Crippen molar-refractivity contribution >= 4 is 23.4 Å². The Morgan fingerprint density at radius 2 is 1.96 bits per heavy atom. The molecule has 1 aromatic carbocycles. The van der Waals surface area contributed by atoms with Crippen LogP contribution in [-0.2, 0) is 9.53 Å². The Morgan fingerprint density at radius 3 is 2.60 bits per heavy atom. The topological polar surface area (TPSA) is 67.4 Å². The highest BCUT2D eigenvalue weighted by Crippen LogP contribution is 2.39. The molecule has 25 heavy (non-hydrogen) atoms. The van der Waals surface area contributed by atoms with Gasteiger partial charge in [-0.2, -0.15) is 5.26 Å². The summed E-state index contributed by atoms with van der Waals surface area (Å²) in [6.45, 7) is 3.67. The van der Waals surface area contributed by atoms with Crippen LogP contribution in [0.2, 0.25) is 0 Å². The lowest BCUT2D eigenvalue weighted by atomic mass is 10.1. The zero-order valence-corrected chi connectivity index (χ0v) is 15.0. The van der Waals surface area contributed by atoms with Crippen molar-refractivity contribution in [2.75, 3.05) is 7.11 Å². The monoisotopic (exact) mass is 351 g/mol. The molecule has 0 unspecified atom stereocenters. The highest BCUT2D eigenvalue weighted by molar-refractivity contribution is 8.01. The van der Waals surface area contributed by atoms with Gasteiger partial charge in [0.05, 0.1) is 24.4 Å². The molecule has 2 heterocycles. The van der Waals surface area contributed by atoms with Crippen molar-refractivity contribution < 1.29 is 9.53 Å². The van der Waals surface area contributed by atoms with Crippen molar-refractivity contribution in [1.82, 2.24) is 9.38 Å². The van der Waals surface area contributed by atoms with Crippen LogP contribution in [0.1, 0.15) is 19.4 Å². The maximum Gasteiger partial charge on any atom is 0.321 e. The van der Waals surface area contributed by atoms with Crippen molar-refractivity contribution in [3.8, 4) is 17.3 Å². The minimum Gasteiger partial charge on any atom is -0.468 e. The van der Waals surface area contributed by atoms with Gasteiger partial charge >= 0.3 is 5.97 Å². The lowest BCUT2D eigenvalue weighted by Crippen LogP contribution is -2.29. The molecule has 0 saturated heterocycles. The maximum atomic E-state index is 12.1. The largest absolute Gasteiger partial charge is 0.468 e. The average molecular weight is 351 g/mol. The summed E-state index contributed by atoms with van der Waals surface area (Å²) in [5.74, 6) is -0.283. The van der Waals surface area contributed by atoms with Crippen LogP contribution in [0, 0.1) is 11.3 Å². The molecule has 0 fully saturated rings. The molecule has 6 heteroatoms. The molecule has 0 spiro atoms. The normalized spacial score (nSPS) is 11.3. The zero-order chi connectivity index (χ0) is 18.0. The summed E-state index contributed by atoms with van der Waals surface area (Å²) in [5, 5.41) is 9.01. The molecule has 0 bridgehead atoms. The van der Waals surface area contributed by atoms with Gasteiger partial charge in [-0.3, -0.25) is 9.20 Å². The molecule has 0 N–H and O–H groups in total. The number of carbonyl (C=O) groups excluding carboxylic acids is 1. The number of hydrogen-bond acceptors (Lipinski definition) is 5. The summed E-state index contributed by atoms with van der Waals surface area (Å²) in [6.07, 6.45) is 3.63. The number of esters is 1. The lowest BCUT2D eigenvalue weighted by molar-refractivity contribution is -0.142. The number of ether oxygens (including phenoxy) is 1. The van der Waals surface area contributed by atoms with Gasteiger partial charge in [-0.15, -0.1) is 11.8 Å². The number of imidazole rings is 1. The average Bonchev–Trinajstić information content (AvgIpc) is 3.09. The van der Waals surface area contributed by atoms with E-state index in [4.69, 9.17) is 10.00 Å². The van der Waals surface area contributed by atoms with Crippen LogP contribution >= 0.6 is 11.8 Å². The third-order valence-corrected chi connectivity index (χ3v) is 5.08. The number of rotatable bonds is 4. The van der Waals surface area contributed by atoms with Gasteiger partial charge in [0, 0.05) is 17.3 Å². The summed E-state index contributed by atoms with van der Waals surface area (Å²) in [5.41, 5.74) is 3.30. The van der Waals surface area contributed by atoms with Gasteiger partial charge in [0.1, 0.15) is 10.4 Å². The zero-order valence-electron chi connectivity index (χ0n) is 14.2. The Bertz CT molecular complexity index is 968.